The van der Waals surface area contributed by atoms with Gasteiger partial charge in [-0.2, -0.15) is 0 Å². The molecule has 1 saturated heterocycles. The van der Waals surface area contributed by atoms with Crippen molar-refractivity contribution in [1.29, 1.82) is 0 Å². The van der Waals surface area contributed by atoms with E-state index < -0.39 is 0 Å². The first kappa shape index (κ1) is 14.3. The minimum atomic E-state index is 0.488. The smallest absolute Gasteiger partial charge is 0.157 e. The zero-order valence-corrected chi connectivity index (χ0v) is 12.6. The number of hydrogen-bond donors (Lipinski definition) is 1. The zero-order valence-electron chi connectivity index (χ0n) is 11.9. The molecule has 6 heteroatoms. The summed E-state index contributed by atoms with van der Waals surface area (Å²) in [4.78, 5) is 13.1. The van der Waals surface area contributed by atoms with Crippen molar-refractivity contribution in [3.63, 3.8) is 0 Å². The highest BCUT2D eigenvalue weighted by molar-refractivity contribution is 6.32. The molecule has 1 N–H and O–H groups in total. The molecule has 0 amide bonds. The van der Waals surface area contributed by atoms with Gasteiger partial charge in [0.1, 0.15) is 12.0 Å². The molecule has 2 heterocycles. The van der Waals surface area contributed by atoms with Crippen molar-refractivity contribution >= 4 is 23.1 Å². The monoisotopic (exact) mass is 283 g/mol. The molecule has 19 heavy (non-hydrogen) atoms. The van der Waals surface area contributed by atoms with Gasteiger partial charge in [-0.3, -0.25) is 0 Å². The molecule has 5 nitrogen and oxygen atoms in total. The molecule has 106 valence electrons. The summed E-state index contributed by atoms with van der Waals surface area (Å²) in [5.74, 6) is 1.62. The average molecular weight is 284 g/mol. The van der Waals surface area contributed by atoms with Gasteiger partial charge >= 0.3 is 0 Å². The van der Waals surface area contributed by atoms with E-state index in [1.54, 1.807) is 0 Å². The first-order valence-corrected chi connectivity index (χ1v) is 7.15. The lowest BCUT2D eigenvalue weighted by Crippen LogP contribution is -2.28. The van der Waals surface area contributed by atoms with Gasteiger partial charge in [0.25, 0.3) is 0 Å². The van der Waals surface area contributed by atoms with Crippen LogP contribution in [-0.4, -0.2) is 55.1 Å². The van der Waals surface area contributed by atoms with E-state index in [0.29, 0.717) is 11.1 Å². The van der Waals surface area contributed by atoms with Crippen molar-refractivity contribution in [2.75, 3.05) is 50.5 Å². The number of aromatic nitrogens is 2. The summed E-state index contributed by atoms with van der Waals surface area (Å²) >= 11 is 6.10. The van der Waals surface area contributed by atoms with Crippen LogP contribution in [0.4, 0.5) is 11.5 Å². The molecule has 1 aliphatic heterocycles. The van der Waals surface area contributed by atoms with Gasteiger partial charge in [0.15, 0.2) is 11.0 Å². The fourth-order valence-electron chi connectivity index (χ4n) is 2.55. The van der Waals surface area contributed by atoms with Gasteiger partial charge in [0, 0.05) is 26.7 Å². The second-order valence-electron chi connectivity index (χ2n) is 5.07. The average Bonchev–Trinajstić information content (AvgIpc) is 2.86. The third-order valence-electron chi connectivity index (χ3n) is 3.73. The largest absolute Gasteiger partial charge is 0.383 e. The van der Waals surface area contributed by atoms with Crippen LogP contribution in [0.1, 0.15) is 13.3 Å². The molecule has 0 spiro atoms. The molecule has 2 rings (SSSR count). The first-order valence-electron chi connectivity index (χ1n) is 6.77. The highest BCUT2D eigenvalue weighted by Gasteiger charge is 2.26. The summed E-state index contributed by atoms with van der Waals surface area (Å²) in [5.41, 5.74) is 0.827. The summed E-state index contributed by atoms with van der Waals surface area (Å²) in [6.07, 6.45) is 2.74. The van der Waals surface area contributed by atoms with Gasteiger partial charge in [-0.05, 0) is 25.9 Å². The molecule has 0 bridgehead atoms. The van der Waals surface area contributed by atoms with E-state index in [4.69, 9.17) is 11.6 Å². The van der Waals surface area contributed by atoms with Crippen LogP contribution in [0.2, 0.25) is 5.15 Å². The minimum Gasteiger partial charge on any atom is -0.383 e. The third-order valence-corrected chi connectivity index (χ3v) is 4.01. The normalized spacial score (nSPS) is 19.2. The van der Waals surface area contributed by atoms with E-state index in [9.17, 15) is 0 Å². The highest BCUT2D eigenvalue weighted by atomic mass is 35.5. The summed E-state index contributed by atoms with van der Waals surface area (Å²) in [6.45, 7) is 6.49. The van der Waals surface area contributed by atoms with Gasteiger partial charge in [-0.25, -0.2) is 9.97 Å². The Hall–Kier alpha value is -1.07. The molecular formula is C13H22ClN5. The van der Waals surface area contributed by atoms with Crippen molar-refractivity contribution in [3.8, 4) is 0 Å². The Kier molecular flexibility index (Phi) is 4.82. The molecule has 0 saturated carbocycles. The maximum absolute atomic E-state index is 6.10. The standard InChI is InChI=1S/C13H22ClN5/c1-4-18(3)7-10-5-6-19(8-10)13-11(15-2)12(14)16-9-17-13/h9-10,15H,4-8H2,1-3H3. The Balaban J connectivity index is 2.06. The van der Waals surface area contributed by atoms with Crippen molar-refractivity contribution < 1.29 is 0 Å². The maximum atomic E-state index is 6.10. The van der Waals surface area contributed by atoms with E-state index in [1.807, 2.05) is 7.05 Å². The Morgan fingerprint density at radius 2 is 2.32 bits per heavy atom. The van der Waals surface area contributed by atoms with Crippen LogP contribution in [0.3, 0.4) is 0 Å². The Bertz CT molecular complexity index is 425. The molecular weight excluding hydrogens is 262 g/mol. The van der Waals surface area contributed by atoms with Crippen LogP contribution in [0.15, 0.2) is 6.33 Å². The molecule has 1 atom stereocenters. The molecule has 0 aliphatic carbocycles. The lowest BCUT2D eigenvalue weighted by atomic mass is 10.1. The molecule has 1 aromatic heterocycles. The minimum absolute atomic E-state index is 0.488. The van der Waals surface area contributed by atoms with Gasteiger partial charge in [0.05, 0.1) is 0 Å². The van der Waals surface area contributed by atoms with Crippen molar-refractivity contribution in [2.45, 2.75) is 13.3 Å². The van der Waals surface area contributed by atoms with E-state index >= 15 is 0 Å². The second-order valence-corrected chi connectivity index (χ2v) is 5.43. The van der Waals surface area contributed by atoms with Crippen molar-refractivity contribution in [2.24, 2.45) is 5.92 Å². The number of anilines is 2. The van der Waals surface area contributed by atoms with E-state index in [2.05, 4.69) is 39.1 Å². The lowest BCUT2D eigenvalue weighted by Gasteiger charge is -2.22. The quantitative estimate of drug-likeness (QED) is 0.837. The molecule has 0 radical (unpaired) electrons. The number of rotatable bonds is 5. The van der Waals surface area contributed by atoms with Crippen molar-refractivity contribution in [3.05, 3.63) is 11.5 Å². The fraction of sp³-hybridized carbons (Fsp3) is 0.692. The van der Waals surface area contributed by atoms with E-state index in [1.165, 1.54) is 12.7 Å². The lowest BCUT2D eigenvalue weighted by molar-refractivity contribution is 0.300. The molecule has 1 aromatic rings. The Morgan fingerprint density at radius 3 is 3.00 bits per heavy atom. The highest BCUT2D eigenvalue weighted by Crippen LogP contribution is 2.32. The van der Waals surface area contributed by atoms with Crippen molar-refractivity contribution in [1.82, 2.24) is 14.9 Å². The first-order chi connectivity index (χ1) is 9.15. The van der Waals surface area contributed by atoms with Crippen LogP contribution in [0.5, 0.6) is 0 Å². The van der Waals surface area contributed by atoms with Gasteiger partial charge in [0.2, 0.25) is 0 Å². The Labute approximate surface area is 120 Å². The van der Waals surface area contributed by atoms with E-state index in [-0.39, 0.29) is 0 Å². The molecule has 1 aliphatic rings. The summed E-state index contributed by atoms with van der Waals surface area (Å²) in [5, 5.41) is 3.59. The van der Waals surface area contributed by atoms with Gasteiger partial charge in [-0.1, -0.05) is 18.5 Å². The fourth-order valence-corrected chi connectivity index (χ4v) is 2.78. The maximum Gasteiger partial charge on any atom is 0.157 e. The molecule has 1 fully saturated rings. The third kappa shape index (κ3) is 3.28. The predicted molar refractivity (Wildman–Crippen MR) is 80.1 cm³/mol. The summed E-state index contributed by atoms with van der Waals surface area (Å²) in [7, 11) is 4.02. The van der Waals surface area contributed by atoms with Gasteiger partial charge in [-0.15, -0.1) is 0 Å². The topological polar surface area (TPSA) is 44.3 Å². The summed E-state index contributed by atoms with van der Waals surface area (Å²) in [6, 6.07) is 0. The second kappa shape index (κ2) is 6.39. The SMILES string of the molecule is CCN(C)CC1CCN(c2ncnc(Cl)c2NC)C1. The Morgan fingerprint density at radius 1 is 1.53 bits per heavy atom. The van der Waals surface area contributed by atoms with E-state index in [0.717, 1.165) is 37.7 Å². The van der Waals surface area contributed by atoms with Crippen LogP contribution in [0.25, 0.3) is 0 Å². The number of nitrogens with one attached hydrogen (secondary N) is 1. The number of halogens is 1. The number of nitrogens with zero attached hydrogens (tertiary/aromatic N) is 4. The molecule has 1 unspecified atom stereocenters. The van der Waals surface area contributed by atoms with Crippen LogP contribution in [-0.2, 0) is 0 Å². The van der Waals surface area contributed by atoms with Crippen LogP contribution < -0.4 is 10.2 Å². The summed E-state index contributed by atoms with van der Waals surface area (Å²) < 4.78 is 0. The van der Waals surface area contributed by atoms with Gasteiger partial charge < -0.3 is 15.1 Å². The zero-order chi connectivity index (χ0) is 13.8. The van der Waals surface area contributed by atoms with Crippen LogP contribution >= 0.6 is 11.6 Å². The molecule has 0 aromatic carbocycles. The number of hydrogen-bond acceptors (Lipinski definition) is 5. The van der Waals surface area contributed by atoms with Crippen LogP contribution in [0, 0.1) is 5.92 Å². The predicted octanol–water partition coefficient (Wildman–Crippen LogP) is 1.95.